The Labute approximate surface area is 174 Å². The molecule has 29 heavy (non-hydrogen) atoms. The van der Waals surface area contributed by atoms with Crippen LogP contribution in [0.5, 0.6) is 0 Å². The number of allylic oxidation sites excluding steroid dienone is 6. The van der Waals surface area contributed by atoms with E-state index in [1.807, 2.05) is 26.0 Å². The number of aldehydes is 1. The van der Waals surface area contributed by atoms with Gasteiger partial charge in [0.25, 0.3) is 0 Å². The maximum Gasteiger partial charge on any atom is 0.160 e. The fraction of sp³-hybridized carbons (Fsp3) is 0.680. The molecule has 0 aromatic heterocycles. The highest BCUT2D eigenvalue weighted by atomic mass is 16.3. The molecule has 4 heteroatoms. The Kier molecular flexibility index (Phi) is 5.83. The molecule has 0 aromatic rings. The number of ketones is 1. The van der Waals surface area contributed by atoms with Crippen molar-refractivity contribution in [3.63, 3.8) is 0 Å². The van der Waals surface area contributed by atoms with Crippen LogP contribution in [0.4, 0.5) is 0 Å². The largest absolute Gasteiger partial charge is 0.396 e. The van der Waals surface area contributed by atoms with E-state index in [0.717, 1.165) is 36.7 Å². The van der Waals surface area contributed by atoms with Crippen molar-refractivity contribution in [2.24, 2.45) is 28.1 Å². The number of hydrogen-bond acceptors (Lipinski definition) is 4. The average Bonchev–Trinajstić information content (AvgIpc) is 2.96. The summed E-state index contributed by atoms with van der Waals surface area (Å²) >= 11 is 0. The van der Waals surface area contributed by atoms with Crippen molar-refractivity contribution in [2.45, 2.75) is 72.8 Å². The quantitative estimate of drug-likeness (QED) is 0.422. The van der Waals surface area contributed by atoms with Crippen LogP contribution in [-0.2, 0) is 9.59 Å². The molecule has 3 aliphatic rings. The second-order valence-corrected chi connectivity index (χ2v) is 10.4. The fourth-order valence-electron chi connectivity index (χ4n) is 7.08. The van der Waals surface area contributed by atoms with E-state index in [9.17, 15) is 19.8 Å². The van der Waals surface area contributed by atoms with Crippen LogP contribution in [0.1, 0.15) is 66.7 Å². The minimum atomic E-state index is -0.504. The van der Waals surface area contributed by atoms with Crippen LogP contribution in [0.25, 0.3) is 0 Å². The third-order valence-electron chi connectivity index (χ3n) is 8.69. The molecule has 0 bridgehead atoms. The van der Waals surface area contributed by atoms with Crippen molar-refractivity contribution < 1.29 is 19.8 Å². The molecule has 2 N–H and O–H groups in total. The molecule has 3 saturated carbocycles. The highest BCUT2D eigenvalue weighted by Crippen LogP contribution is 2.69. The van der Waals surface area contributed by atoms with Gasteiger partial charge in [0.05, 0.1) is 12.7 Å². The Balaban J connectivity index is 2.01. The van der Waals surface area contributed by atoms with E-state index in [-0.39, 0.29) is 35.1 Å². The summed E-state index contributed by atoms with van der Waals surface area (Å²) < 4.78 is 0. The van der Waals surface area contributed by atoms with Gasteiger partial charge >= 0.3 is 0 Å². The van der Waals surface area contributed by atoms with Gasteiger partial charge in [-0.3, -0.25) is 9.59 Å². The Morgan fingerprint density at radius 2 is 1.83 bits per heavy atom. The topological polar surface area (TPSA) is 74.6 Å². The van der Waals surface area contributed by atoms with Gasteiger partial charge in [0, 0.05) is 22.8 Å². The van der Waals surface area contributed by atoms with Crippen LogP contribution >= 0.6 is 0 Å². The Morgan fingerprint density at radius 1 is 1.14 bits per heavy atom. The highest BCUT2D eigenvalue weighted by Gasteiger charge is 2.65. The van der Waals surface area contributed by atoms with Gasteiger partial charge in [-0.25, -0.2) is 0 Å². The molecule has 0 saturated heterocycles. The van der Waals surface area contributed by atoms with E-state index >= 15 is 0 Å². The van der Waals surface area contributed by atoms with Gasteiger partial charge in [0.1, 0.15) is 6.29 Å². The molecule has 0 radical (unpaired) electrons. The van der Waals surface area contributed by atoms with Gasteiger partial charge in [0.2, 0.25) is 0 Å². The number of aliphatic hydroxyl groups excluding tert-OH is 2. The first-order chi connectivity index (χ1) is 13.5. The number of carbonyl (C=O) groups is 2. The summed E-state index contributed by atoms with van der Waals surface area (Å²) in [6.07, 6.45) is 9.83. The third-order valence-corrected chi connectivity index (χ3v) is 8.69. The first-order valence-electron chi connectivity index (χ1n) is 10.9. The number of Topliss-reactive ketones (excluding diaryl/α,β-unsaturated/α-hetero) is 1. The summed E-state index contributed by atoms with van der Waals surface area (Å²) in [4.78, 5) is 24.0. The summed E-state index contributed by atoms with van der Waals surface area (Å²) in [6, 6.07) is 0. The minimum Gasteiger partial charge on any atom is -0.396 e. The number of aliphatic hydroxyl groups is 2. The molecule has 4 nitrogen and oxygen atoms in total. The smallest absolute Gasteiger partial charge is 0.160 e. The predicted octanol–water partition coefficient (Wildman–Crippen LogP) is 4.17. The van der Waals surface area contributed by atoms with Gasteiger partial charge < -0.3 is 10.2 Å². The molecule has 0 aliphatic heterocycles. The van der Waals surface area contributed by atoms with Gasteiger partial charge in [-0.15, -0.1) is 0 Å². The van der Waals surface area contributed by atoms with Crippen LogP contribution in [0.3, 0.4) is 0 Å². The first-order valence-corrected chi connectivity index (χ1v) is 10.9. The van der Waals surface area contributed by atoms with E-state index in [2.05, 4.69) is 13.8 Å². The lowest BCUT2D eigenvalue weighted by Crippen LogP contribution is -2.59. The second-order valence-electron chi connectivity index (χ2n) is 10.4. The maximum atomic E-state index is 13.2. The Morgan fingerprint density at radius 3 is 2.45 bits per heavy atom. The van der Waals surface area contributed by atoms with Crippen LogP contribution in [-0.4, -0.2) is 35.0 Å². The van der Waals surface area contributed by atoms with Crippen LogP contribution in [0.2, 0.25) is 0 Å². The molecule has 6 atom stereocenters. The zero-order chi connectivity index (χ0) is 21.6. The molecule has 0 spiro atoms. The van der Waals surface area contributed by atoms with Gasteiger partial charge in [-0.05, 0) is 67.9 Å². The van der Waals surface area contributed by atoms with Crippen molar-refractivity contribution in [2.75, 3.05) is 6.61 Å². The van der Waals surface area contributed by atoms with E-state index in [4.69, 9.17) is 0 Å². The fourth-order valence-corrected chi connectivity index (χ4v) is 7.08. The number of carbonyl (C=O) groups excluding carboxylic acids is 2. The van der Waals surface area contributed by atoms with Crippen LogP contribution < -0.4 is 0 Å². The van der Waals surface area contributed by atoms with Gasteiger partial charge in [0.15, 0.2) is 5.78 Å². The standard InChI is InChI=1S/C25H36O4/c1-16(14-26)7-6-8-17(2)22-18(28)13-20-23(3)12-10-21(29)25(5,15-27)19(23)9-11-24(20,22)4/h6-8,14,19-21,27,29H,9-13,15H2,1-5H3/b8-6-,16-7+,22-17-/t19-,20+,21-,23+,24+,25-/m1/s1. The van der Waals surface area contributed by atoms with Crippen molar-refractivity contribution >= 4 is 12.1 Å². The molecule has 0 amide bonds. The maximum absolute atomic E-state index is 13.2. The van der Waals surface area contributed by atoms with E-state index in [1.54, 1.807) is 13.0 Å². The molecular weight excluding hydrogens is 364 g/mol. The summed E-state index contributed by atoms with van der Waals surface area (Å²) in [7, 11) is 0. The molecule has 0 aromatic carbocycles. The van der Waals surface area contributed by atoms with Crippen LogP contribution in [0.15, 0.2) is 34.9 Å². The monoisotopic (exact) mass is 400 g/mol. The summed E-state index contributed by atoms with van der Waals surface area (Å²) in [5.41, 5.74) is 1.82. The highest BCUT2D eigenvalue weighted by molar-refractivity contribution is 6.00. The number of fused-ring (bicyclic) bond motifs is 3. The summed E-state index contributed by atoms with van der Waals surface area (Å²) in [5, 5.41) is 20.8. The van der Waals surface area contributed by atoms with Crippen molar-refractivity contribution in [3.8, 4) is 0 Å². The van der Waals surface area contributed by atoms with Crippen molar-refractivity contribution in [3.05, 3.63) is 34.9 Å². The molecular formula is C25H36O4. The normalized spacial score (nSPS) is 44.6. The van der Waals surface area contributed by atoms with Crippen molar-refractivity contribution in [1.29, 1.82) is 0 Å². The van der Waals surface area contributed by atoms with E-state index in [1.165, 1.54) is 0 Å². The third kappa shape index (κ3) is 3.29. The minimum absolute atomic E-state index is 0.0152. The molecule has 0 heterocycles. The van der Waals surface area contributed by atoms with Gasteiger partial charge in [-0.1, -0.05) is 39.0 Å². The SMILES string of the molecule is C\C(C=O)=C/C=C\C(C)=C1\C(=O)C[C@H]2[C@@]3(C)CC[C@@H](O)[C@](C)(CO)[C@@H]3CC[C@]12C. The van der Waals surface area contributed by atoms with E-state index in [0.29, 0.717) is 18.4 Å². The lowest BCUT2D eigenvalue weighted by molar-refractivity contribution is -0.178. The first kappa shape index (κ1) is 22.2. The molecule has 0 unspecified atom stereocenters. The van der Waals surface area contributed by atoms with Crippen LogP contribution in [0, 0.1) is 28.1 Å². The zero-order valence-electron chi connectivity index (χ0n) is 18.5. The lowest BCUT2D eigenvalue weighted by atomic mass is 9.43. The zero-order valence-corrected chi connectivity index (χ0v) is 18.5. The predicted molar refractivity (Wildman–Crippen MR) is 114 cm³/mol. The Hall–Kier alpha value is -1.52. The van der Waals surface area contributed by atoms with Crippen molar-refractivity contribution in [1.82, 2.24) is 0 Å². The lowest BCUT2D eigenvalue weighted by Gasteiger charge is -2.62. The second kappa shape index (κ2) is 7.63. The summed E-state index contributed by atoms with van der Waals surface area (Å²) in [5.74, 6) is 0.669. The average molecular weight is 401 g/mol. The molecule has 3 fully saturated rings. The Bertz CT molecular complexity index is 791. The number of hydrogen-bond donors (Lipinski definition) is 2. The number of rotatable bonds is 4. The summed E-state index contributed by atoms with van der Waals surface area (Å²) in [6.45, 7) is 10.3. The molecule has 160 valence electrons. The van der Waals surface area contributed by atoms with Gasteiger partial charge in [-0.2, -0.15) is 0 Å². The molecule has 3 rings (SSSR count). The van der Waals surface area contributed by atoms with E-state index < -0.39 is 11.5 Å². The molecule has 3 aliphatic carbocycles.